The topological polar surface area (TPSA) is 18.5 Å². The molecule has 8 rings (SSSR count). The minimum absolute atomic E-state index is 0.0258. The number of ether oxygens (including phenoxy) is 2. The van der Waals surface area contributed by atoms with Gasteiger partial charge < -0.3 is 9.47 Å². The number of halogens is 2. The largest absolute Gasteiger partial charge is 0.358 e. The summed E-state index contributed by atoms with van der Waals surface area (Å²) in [7, 11) is 0. The molecule has 3 aromatic carbocycles. The fourth-order valence-electron chi connectivity index (χ4n) is 6.97. The van der Waals surface area contributed by atoms with Gasteiger partial charge in [0.15, 0.2) is 11.6 Å². The summed E-state index contributed by atoms with van der Waals surface area (Å²) in [4.78, 5) is 0. The number of benzene rings is 3. The van der Waals surface area contributed by atoms with Gasteiger partial charge in [-0.15, -0.1) is 0 Å². The molecule has 3 aromatic rings. The molecule has 2 nitrogen and oxygen atoms in total. The van der Waals surface area contributed by atoms with E-state index in [-0.39, 0.29) is 24.0 Å². The van der Waals surface area contributed by atoms with Crippen LogP contribution in [0.2, 0.25) is 0 Å². The molecule has 136 valence electrons. The minimum atomic E-state index is -0.819. The zero-order valence-electron chi connectivity index (χ0n) is 14.7. The van der Waals surface area contributed by atoms with E-state index in [0.717, 1.165) is 33.0 Å². The average molecular weight is 372 g/mol. The van der Waals surface area contributed by atoms with Crippen LogP contribution in [0.5, 0.6) is 0 Å². The third-order valence-electron chi connectivity index (χ3n) is 7.72. The molecule has 2 fully saturated rings. The van der Waals surface area contributed by atoms with Crippen molar-refractivity contribution < 1.29 is 18.3 Å². The summed E-state index contributed by atoms with van der Waals surface area (Å²) in [5, 5.41) is 2.23. The summed E-state index contributed by atoms with van der Waals surface area (Å²) in [6, 6.07) is 15.2. The smallest absolute Gasteiger partial charge is 0.159 e. The fourth-order valence-corrected chi connectivity index (χ4v) is 6.97. The van der Waals surface area contributed by atoms with Crippen molar-refractivity contribution in [2.75, 3.05) is 0 Å². The quantitative estimate of drug-likeness (QED) is 0.525. The normalized spacial score (nSPS) is 39.6. The predicted molar refractivity (Wildman–Crippen MR) is 97.6 cm³/mol. The Labute approximate surface area is 159 Å². The molecule has 0 N–H and O–H groups in total. The lowest BCUT2D eigenvalue weighted by Crippen LogP contribution is -2.49. The molecule has 2 unspecified atom stereocenters. The summed E-state index contributed by atoms with van der Waals surface area (Å²) in [6.07, 6.45) is 3.96. The van der Waals surface area contributed by atoms with Gasteiger partial charge in [0.2, 0.25) is 0 Å². The second-order valence-corrected chi connectivity index (χ2v) is 8.63. The van der Waals surface area contributed by atoms with Crippen molar-refractivity contribution in [1.29, 1.82) is 0 Å². The van der Waals surface area contributed by atoms with Crippen LogP contribution < -0.4 is 0 Å². The molecule has 0 aromatic heterocycles. The molecule has 5 aliphatic rings. The maximum Gasteiger partial charge on any atom is 0.159 e. The first-order valence-electron chi connectivity index (χ1n) is 9.72. The molecule has 2 saturated heterocycles. The first-order valence-corrected chi connectivity index (χ1v) is 9.72. The van der Waals surface area contributed by atoms with Gasteiger partial charge in [-0.1, -0.05) is 42.5 Å². The van der Waals surface area contributed by atoms with Crippen molar-refractivity contribution in [1.82, 2.24) is 0 Å². The van der Waals surface area contributed by atoms with E-state index in [2.05, 4.69) is 42.5 Å². The van der Waals surface area contributed by atoms with E-state index in [9.17, 15) is 8.78 Å². The van der Waals surface area contributed by atoms with Gasteiger partial charge in [0.1, 0.15) is 11.2 Å². The highest BCUT2D eigenvalue weighted by Crippen LogP contribution is 2.76. The molecule has 0 amide bonds. The summed E-state index contributed by atoms with van der Waals surface area (Å²) in [5.41, 5.74) is 2.39. The maximum atomic E-state index is 14.4. The second kappa shape index (κ2) is 4.07. The summed E-state index contributed by atoms with van der Waals surface area (Å²) >= 11 is 0. The van der Waals surface area contributed by atoms with Crippen LogP contribution in [0.1, 0.15) is 28.4 Å². The Balaban J connectivity index is 1.61. The highest BCUT2D eigenvalue weighted by atomic mass is 19.2. The van der Waals surface area contributed by atoms with E-state index in [4.69, 9.17) is 9.47 Å². The highest BCUT2D eigenvalue weighted by Gasteiger charge is 2.77. The summed E-state index contributed by atoms with van der Waals surface area (Å²) in [5.74, 6) is -1.50. The third-order valence-corrected chi connectivity index (χ3v) is 7.72. The summed E-state index contributed by atoms with van der Waals surface area (Å²) in [6.45, 7) is 0. The molecule has 4 heteroatoms. The third kappa shape index (κ3) is 1.19. The molecule has 2 spiro atoms. The zero-order valence-corrected chi connectivity index (χ0v) is 14.7. The lowest BCUT2D eigenvalue weighted by Gasteiger charge is -2.47. The Hall–Kier alpha value is -2.56. The van der Waals surface area contributed by atoms with Gasteiger partial charge in [0, 0.05) is 11.8 Å². The van der Waals surface area contributed by atoms with Gasteiger partial charge in [-0.25, -0.2) is 8.78 Å². The van der Waals surface area contributed by atoms with Crippen LogP contribution in [0.25, 0.3) is 10.8 Å². The number of hydrogen-bond donors (Lipinski definition) is 0. The zero-order chi connectivity index (χ0) is 18.4. The SMILES string of the molecule is Fc1cc2c(cc1F)[C@@]13O[C@@H]2C2C1[C@@]1(C=C[C@H]2O1)c1cccc2cccc3c12. The average Bonchev–Trinajstić information content (AvgIpc) is 3.44. The van der Waals surface area contributed by atoms with Crippen LogP contribution in [0.4, 0.5) is 8.78 Å². The van der Waals surface area contributed by atoms with E-state index in [1.165, 1.54) is 12.1 Å². The van der Waals surface area contributed by atoms with E-state index in [0.29, 0.717) is 0 Å². The van der Waals surface area contributed by atoms with Crippen molar-refractivity contribution in [3.8, 4) is 0 Å². The summed E-state index contributed by atoms with van der Waals surface area (Å²) < 4.78 is 41.9. The van der Waals surface area contributed by atoms with Crippen molar-refractivity contribution in [3.63, 3.8) is 0 Å². The Morgan fingerprint density at radius 2 is 1.64 bits per heavy atom. The first kappa shape index (κ1) is 14.4. The van der Waals surface area contributed by atoms with E-state index >= 15 is 0 Å². The molecule has 6 atom stereocenters. The van der Waals surface area contributed by atoms with Crippen molar-refractivity contribution in [2.45, 2.75) is 23.4 Å². The Kier molecular flexibility index (Phi) is 2.10. The Morgan fingerprint density at radius 3 is 2.50 bits per heavy atom. The maximum absolute atomic E-state index is 14.4. The second-order valence-electron chi connectivity index (χ2n) is 8.63. The fraction of sp³-hybridized carbons (Fsp3) is 0.250. The van der Waals surface area contributed by atoms with Crippen LogP contribution >= 0.6 is 0 Å². The van der Waals surface area contributed by atoms with Gasteiger partial charge in [0.25, 0.3) is 0 Å². The molecule has 4 aliphatic heterocycles. The number of rotatable bonds is 0. The van der Waals surface area contributed by atoms with Gasteiger partial charge >= 0.3 is 0 Å². The van der Waals surface area contributed by atoms with Crippen LogP contribution in [0.3, 0.4) is 0 Å². The van der Waals surface area contributed by atoms with Crippen LogP contribution in [0.15, 0.2) is 60.7 Å². The van der Waals surface area contributed by atoms with Gasteiger partial charge in [-0.2, -0.15) is 0 Å². The van der Waals surface area contributed by atoms with E-state index in [1.807, 2.05) is 6.07 Å². The molecular weight excluding hydrogens is 358 g/mol. The molecule has 4 bridgehead atoms. The molecular formula is C24H14F2O2. The number of hydrogen-bond acceptors (Lipinski definition) is 2. The molecule has 0 saturated carbocycles. The van der Waals surface area contributed by atoms with Gasteiger partial charge in [0.05, 0.1) is 12.2 Å². The predicted octanol–water partition coefficient (Wildman–Crippen LogP) is 4.86. The lowest BCUT2D eigenvalue weighted by atomic mass is 9.54. The lowest BCUT2D eigenvalue weighted by molar-refractivity contribution is -0.0922. The van der Waals surface area contributed by atoms with E-state index in [1.54, 1.807) is 0 Å². The van der Waals surface area contributed by atoms with Crippen LogP contribution in [0, 0.1) is 23.5 Å². The monoisotopic (exact) mass is 372 g/mol. The van der Waals surface area contributed by atoms with Crippen molar-refractivity contribution in [3.05, 3.63) is 94.6 Å². The first-order chi connectivity index (χ1) is 13.6. The molecule has 1 aliphatic carbocycles. The standard InChI is InChI=1S/C24H14F2O2/c25-16-9-12-15(10-17(16)26)24-14-6-2-4-11-3-1-5-13(19(11)14)23-8-7-18(27-23)20(22(23)24)21(12)28-24/h1-10,18,20-22H/t18-,20?,21+,22?,23-,24-/m1/s1. The van der Waals surface area contributed by atoms with Crippen LogP contribution in [-0.4, -0.2) is 6.10 Å². The molecule has 28 heavy (non-hydrogen) atoms. The van der Waals surface area contributed by atoms with Gasteiger partial charge in [-0.05, 0) is 51.2 Å². The van der Waals surface area contributed by atoms with Gasteiger partial charge in [-0.3, -0.25) is 0 Å². The van der Waals surface area contributed by atoms with E-state index < -0.39 is 22.8 Å². The minimum Gasteiger partial charge on any atom is -0.358 e. The highest BCUT2D eigenvalue weighted by molar-refractivity contribution is 5.93. The van der Waals surface area contributed by atoms with Crippen LogP contribution in [-0.2, 0) is 20.7 Å². The molecule has 4 heterocycles. The Bertz CT molecular complexity index is 1290. The van der Waals surface area contributed by atoms with Crippen molar-refractivity contribution >= 4 is 10.8 Å². The Morgan fingerprint density at radius 1 is 0.857 bits per heavy atom. The van der Waals surface area contributed by atoms with Crippen molar-refractivity contribution in [2.24, 2.45) is 11.8 Å². The number of fused-ring (bicyclic) bond motifs is 6. The molecule has 0 radical (unpaired) electrons.